The molecule has 1 spiro atoms. The van der Waals surface area contributed by atoms with Gasteiger partial charge < -0.3 is 14.6 Å². The zero-order valence-corrected chi connectivity index (χ0v) is 13.8. The summed E-state index contributed by atoms with van der Waals surface area (Å²) in [6.45, 7) is 6.85. The number of aromatic nitrogens is 1. The highest BCUT2D eigenvalue weighted by Crippen LogP contribution is 2.39. The van der Waals surface area contributed by atoms with Crippen LogP contribution in [0.15, 0.2) is 10.6 Å². The first-order chi connectivity index (χ1) is 10.4. The molecular formula is C17H26N2O3. The molecule has 2 aliphatic rings. The van der Waals surface area contributed by atoms with Crippen LogP contribution >= 0.6 is 0 Å². The van der Waals surface area contributed by atoms with Crippen molar-refractivity contribution in [3.05, 3.63) is 17.5 Å². The lowest BCUT2D eigenvalue weighted by Gasteiger charge is -2.37. The Kier molecular flexibility index (Phi) is 4.02. The Morgan fingerprint density at radius 1 is 1.32 bits per heavy atom. The average Bonchev–Trinajstić information content (AvgIpc) is 3.08. The summed E-state index contributed by atoms with van der Waals surface area (Å²) in [5, 5.41) is 7.06. The van der Waals surface area contributed by atoms with Crippen LogP contribution in [0.25, 0.3) is 0 Å². The van der Waals surface area contributed by atoms with E-state index in [1.165, 1.54) is 19.3 Å². The molecule has 0 radical (unpaired) electrons. The molecule has 1 unspecified atom stereocenters. The van der Waals surface area contributed by atoms with E-state index in [-0.39, 0.29) is 23.0 Å². The molecule has 1 aliphatic carbocycles. The maximum atomic E-state index is 12.5. The van der Waals surface area contributed by atoms with E-state index in [1.54, 1.807) is 6.07 Å². The number of nitrogens with zero attached hydrogens (tertiary/aromatic N) is 1. The fourth-order valence-electron chi connectivity index (χ4n) is 3.56. The number of amides is 1. The number of ether oxygens (including phenoxy) is 1. The van der Waals surface area contributed by atoms with Crippen LogP contribution in [0.4, 0.5) is 0 Å². The maximum absolute atomic E-state index is 12.5. The summed E-state index contributed by atoms with van der Waals surface area (Å²) < 4.78 is 11.3. The van der Waals surface area contributed by atoms with E-state index in [0.29, 0.717) is 5.69 Å². The predicted molar refractivity (Wildman–Crippen MR) is 82.8 cm³/mol. The highest BCUT2D eigenvalue weighted by molar-refractivity contribution is 5.92. The van der Waals surface area contributed by atoms with Gasteiger partial charge in [0.2, 0.25) is 0 Å². The first-order valence-electron chi connectivity index (χ1n) is 8.33. The van der Waals surface area contributed by atoms with Crippen molar-refractivity contribution in [3.8, 4) is 0 Å². The minimum Gasteiger partial charge on any atom is -0.373 e. The van der Waals surface area contributed by atoms with Crippen LogP contribution in [0.1, 0.15) is 75.5 Å². The van der Waals surface area contributed by atoms with Crippen molar-refractivity contribution in [2.75, 3.05) is 6.61 Å². The van der Waals surface area contributed by atoms with E-state index >= 15 is 0 Å². The second kappa shape index (κ2) is 5.69. The van der Waals surface area contributed by atoms with Crippen LogP contribution in [0.3, 0.4) is 0 Å². The van der Waals surface area contributed by atoms with Gasteiger partial charge in [-0.1, -0.05) is 45.2 Å². The van der Waals surface area contributed by atoms with Gasteiger partial charge in [0.15, 0.2) is 5.69 Å². The molecule has 0 bridgehead atoms. The van der Waals surface area contributed by atoms with Gasteiger partial charge in [0, 0.05) is 18.1 Å². The summed E-state index contributed by atoms with van der Waals surface area (Å²) in [4.78, 5) is 12.5. The Bertz CT molecular complexity index is 538. The highest BCUT2D eigenvalue weighted by atomic mass is 16.5. The standard InChI is InChI=1S/C17H26N2O3/c1-16(2,3)14-11-12(19-22-14)15(20)18-13-7-10-21-17(13)8-5-4-6-9-17/h11,13H,4-10H2,1-3H3,(H,18,20). The summed E-state index contributed by atoms with van der Waals surface area (Å²) in [5.41, 5.74) is 0.0691. The smallest absolute Gasteiger partial charge is 0.273 e. The molecule has 1 N–H and O–H groups in total. The van der Waals surface area contributed by atoms with E-state index < -0.39 is 0 Å². The summed E-state index contributed by atoms with van der Waals surface area (Å²) in [6, 6.07) is 1.84. The Hall–Kier alpha value is -1.36. The molecule has 3 rings (SSSR count). The number of carbonyl (C=O) groups excluding carboxylic acids is 1. The Morgan fingerprint density at radius 3 is 2.68 bits per heavy atom. The van der Waals surface area contributed by atoms with Gasteiger partial charge in [-0.25, -0.2) is 0 Å². The molecule has 1 saturated heterocycles. The first-order valence-corrected chi connectivity index (χ1v) is 8.33. The van der Waals surface area contributed by atoms with Crippen LogP contribution in [-0.2, 0) is 10.2 Å². The van der Waals surface area contributed by atoms with Gasteiger partial charge in [0.25, 0.3) is 5.91 Å². The van der Waals surface area contributed by atoms with E-state index in [1.807, 2.05) is 20.8 Å². The summed E-state index contributed by atoms with van der Waals surface area (Å²) in [5.74, 6) is 0.576. The zero-order valence-electron chi connectivity index (χ0n) is 13.8. The van der Waals surface area contributed by atoms with Gasteiger partial charge in [-0.05, 0) is 19.3 Å². The summed E-state index contributed by atoms with van der Waals surface area (Å²) in [7, 11) is 0. The molecule has 1 aromatic rings. The molecule has 2 fully saturated rings. The number of hydrogen-bond donors (Lipinski definition) is 1. The van der Waals surface area contributed by atoms with Crippen molar-refractivity contribution in [2.45, 2.75) is 76.4 Å². The molecular weight excluding hydrogens is 280 g/mol. The highest BCUT2D eigenvalue weighted by Gasteiger charge is 2.45. The third-order valence-corrected chi connectivity index (χ3v) is 4.92. The molecule has 1 amide bonds. The topological polar surface area (TPSA) is 64.4 Å². The van der Waals surface area contributed by atoms with E-state index in [2.05, 4.69) is 10.5 Å². The summed E-state index contributed by atoms with van der Waals surface area (Å²) >= 11 is 0. The molecule has 122 valence electrons. The van der Waals surface area contributed by atoms with Crippen LogP contribution in [-0.4, -0.2) is 29.3 Å². The zero-order chi connectivity index (χ0) is 15.8. The molecule has 2 heterocycles. The molecule has 1 saturated carbocycles. The van der Waals surface area contributed by atoms with Crippen LogP contribution in [0, 0.1) is 0 Å². The Balaban J connectivity index is 1.70. The van der Waals surface area contributed by atoms with Gasteiger partial charge in [-0.2, -0.15) is 0 Å². The predicted octanol–water partition coefficient (Wildman–Crippen LogP) is 3.19. The number of nitrogens with one attached hydrogen (secondary N) is 1. The Labute approximate surface area is 131 Å². The second-order valence-corrected chi connectivity index (χ2v) is 7.62. The average molecular weight is 306 g/mol. The van der Waals surface area contributed by atoms with Gasteiger partial charge in [0.1, 0.15) is 5.76 Å². The van der Waals surface area contributed by atoms with Gasteiger partial charge >= 0.3 is 0 Å². The molecule has 1 atom stereocenters. The van der Waals surface area contributed by atoms with E-state index in [4.69, 9.17) is 9.26 Å². The fourth-order valence-corrected chi connectivity index (χ4v) is 3.56. The normalized spacial score (nSPS) is 24.6. The van der Waals surface area contributed by atoms with Crippen LogP contribution < -0.4 is 5.32 Å². The number of rotatable bonds is 2. The van der Waals surface area contributed by atoms with E-state index in [0.717, 1.165) is 31.6 Å². The minimum absolute atomic E-state index is 0.0927. The summed E-state index contributed by atoms with van der Waals surface area (Å²) in [6.07, 6.45) is 6.61. The van der Waals surface area contributed by atoms with Crippen molar-refractivity contribution >= 4 is 5.91 Å². The van der Waals surface area contributed by atoms with Crippen molar-refractivity contribution in [1.82, 2.24) is 10.5 Å². The lowest BCUT2D eigenvalue weighted by Crippen LogP contribution is -2.51. The minimum atomic E-state index is -0.153. The van der Waals surface area contributed by atoms with E-state index in [9.17, 15) is 4.79 Å². The van der Waals surface area contributed by atoms with Gasteiger partial charge in [-0.15, -0.1) is 0 Å². The first kappa shape index (κ1) is 15.5. The molecule has 0 aromatic carbocycles. The lowest BCUT2D eigenvalue weighted by atomic mass is 9.79. The fraction of sp³-hybridized carbons (Fsp3) is 0.765. The number of hydrogen-bond acceptors (Lipinski definition) is 4. The van der Waals surface area contributed by atoms with Crippen molar-refractivity contribution in [3.63, 3.8) is 0 Å². The van der Waals surface area contributed by atoms with Crippen LogP contribution in [0.5, 0.6) is 0 Å². The molecule has 1 aliphatic heterocycles. The lowest BCUT2D eigenvalue weighted by molar-refractivity contribution is -0.0375. The monoisotopic (exact) mass is 306 g/mol. The van der Waals surface area contributed by atoms with Crippen molar-refractivity contribution in [2.24, 2.45) is 0 Å². The largest absolute Gasteiger partial charge is 0.373 e. The maximum Gasteiger partial charge on any atom is 0.273 e. The van der Waals surface area contributed by atoms with Gasteiger partial charge in [-0.3, -0.25) is 4.79 Å². The number of carbonyl (C=O) groups is 1. The SMILES string of the molecule is CC(C)(C)c1cc(C(=O)NC2CCOC23CCCCC3)no1. The quantitative estimate of drug-likeness (QED) is 0.911. The van der Waals surface area contributed by atoms with Gasteiger partial charge in [0.05, 0.1) is 11.6 Å². The van der Waals surface area contributed by atoms with Crippen LogP contribution in [0.2, 0.25) is 0 Å². The van der Waals surface area contributed by atoms with Crippen molar-refractivity contribution in [1.29, 1.82) is 0 Å². The Morgan fingerprint density at radius 2 is 2.05 bits per heavy atom. The third-order valence-electron chi connectivity index (χ3n) is 4.92. The molecule has 22 heavy (non-hydrogen) atoms. The second-order valence-electron chi connectivity index (χ2n) is 7.62. The molecule has 5 heteroatoms. The van der Waals surface area contributed by atoms with Crippen molar-refractivity contribution < 1.29 is 14.1 Å². The molecule has 1 aromatic heterocycles. The molecule has 5 nitrogen and oxygen atoms in total. The third kappa shape index (κ3) is 2.91.